The van der Waals surface area contributed by atoms with E-state index in [9.17, 15) is 0 Å². The lowest BCUT2D eigenvalue weighted by atomic mass is 10.1. The van der Waals surface area contributed by atoms with Crippen LogP contribution in [0.1, 0.15) is 209 Å². The van der Waals surface area contributed by atoms with Gasteiger partial charge in [-0.1, -0.05) is 145 Å². The van der Waals surface area contributed by atoms with Crippen molar-refractivity contribution in [2.75, 3.05) is 40.0 Å². The van der Waals surface area contributed by atoms with Crippen molar-refractivity contribution in [2.45, 2.75) is 222 Å². The van der Waals surface area contributed by atoms with Crippen molar-refractivity contribution in [3.05, 3.63) is 23.0 Å². The first-order valence-electron chi connectivity index (χ1n) is 21.9. The molecule has 304 valence electrons. The van der Waals surface area contributed by atoms with Crippen LogP contribution in [-0.2, 0) is 33.2 Å². The van der Waals surface area contributed by atoms with Crippen molar-refractivity contribution in [1.82, 2.24) is 0 Å². The number of unbranched alkanes of at least 4 members (excludes halogenated alkanes) is 14. The van der Waals surface area contributed by atoms with Gasteiger partial charge in [-0.05, 0) is 51.4 Å². The standard InChI is InChI=1S/C44H86O7/c1-9-17-19-21-23-25-27-29-31-41(46-33-11-3)43(48-35-13-5)39(15-7)50-37-45-38-51-40(16-8)44(49-36-14-6)42(47-34-12-4)32-30-28-26-24-22-20-18-10-2/h39-40H,9-38H2,1-8H3. The molecule has 0 bridgehead atoms. The fourth-order valence-electron chi connectivity index (χ4n) is 6.00. The van der Waals surface area contributed by atoms with E-state index < -0.39 is 0 Å². The Labute approximate surface area is 317 Å². The van der Waals surface area contributed by atoms with Crippen LogP contribution in [0.2, 0.25) is 0 Å². The number of ether oxygens (including phenoxy) is 7. The summed E-state index contributed by atoms with van der Waals surface area (Å²) in [4.78, 5) is 0. The highest BCUT2D eigenvalue weighted by molar-refractivity contribution is 5.09. The van der Waals surface area contributed by atoms with Crippen LogP contribution in [0.25, 0.3) is 0 Å². The highest BCUT2D eigenvalue weighted by atomic mass is 16.7. The zero-order valence-corrected chi connectivity index (χ0v) is 35.2. The maximum atomic E-state index is 6.34. The Morgan fingerprint density at radius 1 is 0.353 bits per heavy atom. The largest absolute Gasteiger partial charge is 0.494 e. The molecule has 0 aromatic carbocycles. The van der Waals surface area contributed by atoms with E-state index in [0.29, 0.717) is 26.4 Å². The Morgan fingerprint density at radius 3 is 0.980 bits per heavy atom. The summed E-state index contributed by atoms with van der Waals surface area (Å²) < 4.78 is 43.9. The topological polar surface area (TPSA) is 64.6 Å². The zero-order chi connectivity index (χ0) is 37.6. The molecule has 0 saturated heterocycles. The van der Waals surface area contributed by atoms with E-state index in [2.05, 4.69) is 55.4 Å². The third-order valence-corrected chi connectivity index (χ3v) is 8.98. The number of hydrogen-bond acceptors (Lipinski definition) is 7. The molecule has 0 rings (SSSR count). The summed E-state index contributed by atoms with van der Waals surface area (Å²) in [5.74, 6) is 3.57. The molecule has 0 aliphatic carbocycles. The molecule has 7 heteroatoms. The third kappa shape index (κ3) is 26.9. The molecule has 0 heterocycles. The molecule has 0 aliphatic rings. The lowest BCUT2D eigenvalue weighted by molar-refractivity contribution is -0.166. The van der Waals surface area contributed by atoms with Gasteiger partial charge in [-0.15, -0.1) is 0 Å². The molecule has 0 aromatic heterocycles. The number of hydrogen-bond donors (Lipinski definition) is 0. The van der Waals surface area contributed by atoms with Crippen LogP contribution in [0.4, 0.5) is 0 Å². The van der Waals surface area contributed by atoms with Gasteiger partial charge < -0.3 is 33.2 Å². The minimum Gasteiger partial charge on any atom is -0.494 e. The molecule has 0 fully saturated rings. The summed E-state index contributed by atoms with van der Waals surface area (Å²) in [7, 11) is 0. The molecule has 0 radical (unpaired) electrons. The average Bonchev–Trinajstić information content (AvgIpc) is 3.15. The van der Waals surface area contributed by atoms with Gasteiger partial charge >= 0.3 is 0 Å². The van der Waals surface area contributed by atoms with Crippen LogP contribution in [0.5, 0.6) is 0 Å². The summed E-state index contributed by atoms with van der Waals surface area (Å²) in [5.41, 5.74) is 0. The van der Waals surface area contributed by atoms with Gasteiger partial charge in [0.25, 0.3) is 0 Å². The molecular formula is C44H86O7. The summed E-state index contributed by atoms with van der Waals surface area (Å²) >= 11 is 0. The zero-order valence-electron chi connectivity index (χ0n) is 35.2. The Hall–Kier alpha value is -1.44. The molecule has 2 unspecified atom stereocenters. The van der Waals surface area contributed by atoms with Gasteiger partial charge in [-0.3, -0.25) is 0 Å². The highest BCUT2D eigenvalue weighted by Crippen LogP contribution is 2.26. The van der Waals surface area contributed by atoms with Crippen LogP contribution in [0.15, 0.2) is 23.0 Å². The molecule has 2 atom stereocenters. The van der Waals surface area contributed by atoms with Crippen LogP contribution < -0.4 is 0 Å². The Bertz CT molecular complexity index is 732. The highest BCUT2D eigenvalue weighted by Gasteiger charge is 2.23. The molecule has 0 spiro atoms. The molecule has 0 saturated carbocycles. The summed E-state index contributed by atoms with van der Waals surface area (Å²) in [6.07, 6.45) is 27.1. The summed E-state index contributed by atoms with van der Waals surface area (Å²) in [5, 5.41) is 0. The maximum Gasteiger partial charge on any atom is 0.162 e. The van der Waals surface area contributed by atoms with E-state index in [1.807, 2.05) is 0 Å². The Morgan fingerprint density at radius 2 is 0.667 bits per heavy atom. The van der Waals surface area contributed by atoms with Crippen molar-refractivity contribution >= 4 is 0 Å². The van der Waals surface area contributed by atoms with E-state index in [0.717, 1.165) is 87.2 Å². The van der Waals surface area contributed by atoms with Crippen molar-refractivity contribution < 1.29 is 33.2 Å². The fourth-order valence-corrected chi connectivity index (χ4v) is 6.00. The van der Waals surface area contributed by atoms with Gasteiger partial charge in [0.2, 0.25) is 0 Å². The van der Waals surface area contributed by atoms with Crippen LogP contribution >= 0.6 is 0 Å². The normalized spacial score (nSPS) is 13.8. The molecule has 0 aliphatic heterocycles. The first-order chi connectivity index (χ1) is 25.1. The molecule has 0 amide bonds. The summed E-state index contributed by atoms with van der Waals surface area (Å²) in [6, 6.07) is 0. The van der Waals surface area contributed by atoms with Gasteiger partial charge in [0.05, 0.1) is 26.4 Å². The van der Waals surface area contributed by atoms with Gasteiger partial charge in [-0.25, -0.2) is 0 Å². The van der Waals surface area contributed by atoms with E-state index in [1.165, 1.54) is 89.9 Å². The van der Waals surface area contributed by atoms with Crippen molar-refractivity contribution in [3.8, 4) is 0 Å². The van der Waals surface area contributed by atoms with E-state index in [1.54, 1.807) is 0 Å². The first-order valence-corrected chi connectivity index (χ1v) is 21.9. The summed E-state index contributed by atoms with van der Waals surface area (Å²) in [6.45, 7) is 20.2. The Balaban J connectivity index is 5.42. The minimum absolute atomic E-state index is 0.110. The first kappa shape index (κ1) is 49.6. The van der Waals surface area contributed by atoms with Crippen molar-refractivity contribution in [1.29, 1.82) is 0 Å². The van der Waals surface area contributed by atoms with Gasteiger partial charge in [-0.2, -0.15) is 0 Å². The lowest BCUT2D eigenvalue weighted by Gasteiger charge is -2.25. The minimum atomic E-state index is -0.233. The van der Waals surface area contributed by atoms with E-state index in [4.69, 9.17) is 33.2 Å². The third-order valence-electron chi connectivity index (χ3n) is 8.98. The lowest BCUT2D eigenvalue weighted by Crippen LogP contribution is -2.24. The predicted octanol–water partition coefficient (Wildman–Crippen LogP) is 13.7. The van der Waals surface area contributed by atoms with Gasteiger partial charge in [0, 0.05) is 12.8 Å². The number of rotatable bonds is 40. The van der Waals surface area contributed by atoms with Gasteiger partial charge in [0.15, 0.2) is 25.1 Å². The predicted molar refractivity (Wildman–Crippen MR) is 215 cm³/mol. The molecule has 0 aromatic rings. The number of allylic oxidation sites excluding steroid dienone is 2. The van der Waals surface area contributed by atoms with Crippen molar-refractivity contribution in [2.24, 2.45) is 0 Å². The molecule has 7 nitrogen and oxygen atoms in total. The van der Waals surface area contributed by atoms with Crippen LogP contribution in [-0.4, -0.2) is 52.2 Å². The van der Waals surface area contributed by atoms with Gasteiger partial charge in [0.1, 0.15) is 23.7 Å². The molecular weight excluding hydrogens is 640 g/mol. The van der Waals surface area contributed by atoms with Crippen molar-refractivity contribution in [3.63, 3.8) is 0 Å². The second-order valence-corrected chi connectivity index (χ2v) is 14.0. The SMILES string of the molecule is CCCCCCCCCCC(OCCC)=C(OCCC)C(CC)OCOCOC(CC)C(OCCC)=C(CCCCCCCCCC)OCCC. The molecule has 51 heavy (non-hydrogen) atoms. The van der Waals surface area contributed by atoms with E-state index >= 15 is 0 Å². The second-order valence-electron chi connectivity index (χ2n) is 14.0. The molecule has 0 N–H and O–H groups in total. The van der Waals surface area contributed by atoms with E-state index in [-0.39, 0.29) is 25.8 Å². The Kier molecular flexibility index (Phi) is 37.2. The maximum absolute atomic E-state index is 6.34. The quantitative estimate of drug-likeness (QED) is 0.0354. The monoisotopic (exact) mass is 727 g/mol. The van der Waals surface area contributed by atoms with Crippen LogP contribution in [0.3, 0.4) is 0 Å². The van der Waals surface area contributed by atoms with Crippen LogP contribution in [0, 0.1) is 0 Å². The average molecular weight is 727 g/mol. The fraction of sp³-hybridized carbons (Fsp3) is 0.909. The second kappa shape index (κ2) is 38.3. The smallest absolute Gasteiger partial charge is 0.162 e.